The lowest BCUT2D eigenvalue weighted by molar-refractivity contribution is 0.178. The van der Waals surface area contributed by atoms with E-state index >= 15 is 0 Å². The van der Waals surface area contributed by atoms with E-state index in [0.717, 1.165) is 30.4 Å². The third kappa shape index (κ3) is 2.68. The summed E-state index contributed by atoms with van der Waals surface area (Å²) in [7, 11) is -3.64. The molecule has 20 heavy (non-hydrogen) atoms. The summed E-state index contributed by atoms with van der Waals surface area (Å²) in [5, 5.41) is 9.15. The molecule has 1 aliphatic carbocycles. The Labute approximate surface area is 120 Å². The van der Waals surface area contributed by atoms with Crippen LogP contribution in [0.5, 0.6) is 0 Å². The minimum atomic E-state index is -3.64. The molecule has 0 unspecified atom stereocenters. The summed E-state index contributed by atoms with van der Waals surface area (Å²) in [4.78, 5) is 0.154. The number of hydrogen-bond acceptors (Lipinski definition) is 4. The van der Waals surface area contributed by atoms with E-state index in [-0.39, 0.29) is 29.8 Å². The average molecular weight is 298 g/mol. The Morgan fingerprint density at radius 1 is 1.30 bits per heavy atom. The molecule has 1 saturated carbocycles. The van der Waals surface area contributed by atoms with Gasteiger partial charge in [0.15, 0.2) is 0 Å². The van der Waals surface area contributed by atoms with Crippen molar-refractivity contribution < 1.29 is 13.5 Å². The number of aliphatic hydroxyl groups excluding tert-OH is 1. The number of sulfonamides is 1. The highest BCUT2D eigenvalue weighted by Crippen LogP contribution is 2.32. The number of hydrogen-bond donors (Lipinski definition) is 2. The molecule has 1 aliphatic rings. The van der Waals surface area contributed by atoms with Gasteiger partial charge in [-0.3, -0.25) is 0 Å². The minimum Gasteiger partial charge on any atom is -0.398 e. The van der Waals surface area contributed by atoms with Crippen molar-refractivity contribution in [2.75, 3.05) is 18.9 Å². The van der Waals surface area contributed by atoms with E-state index in [1.165, 1.54) is 4.31 Å². The fraction of sp³-hybridized carbons (Fsp3) is 0.571. The number of benzene rings is 1. The Balaban J connectivity index is 2.44. The highest BCUT2D eigenvalue weighted by atomic mass is 32.2. The average Bonchev–Trinajstić information content (AvgIpc) is 2.30. The number of aliphatic hydroxyl groups is 1. The third-order valence-corrected chi connectivity index (χ3v) is 6.02. The van der Waals surface area contributed by atoms with Crippen LogP contribution in [0.1, 0.15) is 30.4 Å². The standard InChI is InChI=1S/C14H22N2O3S/c1-10-8-13(15)14(9-11(10)2)20(18,19)16(6-7-17)12-4-3-5-12/h8-9,12,17H,3-7,15H2,1-2H3. The minimum absolute atomic E-state index is 0.00633. The maximum atomic E-state index is 12.8. The van der Waals surface area contributed by atoms with Gasteiger partial charge in [0, 0.05) is 12.6 Å². The van der Waals surface area contributed by atoms with Crippen molar-refractivity contribution in [3.63, 3.8) is 0 Å². The van der Waals surface area contributed by atoms with E-state index in [1.807, 2.05) is 13.8 Å². The van der Waals surface area contributed by atoms with Crippen molar-refractivity contribution in [1.82, 2.24) is 4.31 Å². The van der Waals surface area contributed by atoms with E-state index in [9.17, 15) is 8.42 Å². The number of nitrogens with two attached hydrogens (primary N) is 1. The highest BCUT2D eigenvalue weighted by molar-refractivity contribution is 7.89. The largest absolute Gasteiger partial charge is 0.398 e. The second-order valence-corrected chi connectivity index (χ2v) is 7.26. The van der Waals surface area contributed by atoms with Gasteiger partial charge >= 0.3 is 0 Å². The predicted octanol–water partition coefficient (Wildman–Crippen LogP) is 1.42. The van der Waals surface area contributed by atoms with Crippen molar-refractivity contribution >= 4 is 15.7 Å². The van der Waals surface area contributed by atoms with Crippen LogP contribution in [0.4, 0.5) is 5.69 Å². The summed E-state index contributed by atoms with van der Waals surface area (Å²) in [6, 6.07) is 3.32. The lowest BCUT2D eigenvalue weighted by Gasteiger charge is -2.36. The second-order valence-electron chi connectivity index (χ2n) is 5.40. The van der Waals surface area contributed by atoms with Gasteiger partial charge in [-0.1, -0.05) is 6.42 Å². The van der Waals surface area contributed by atoms with E-state index in [1.54, 1.807) is 12.1 Å². The molecule has 0 spiro atoms. The second kappa shape index (κ2) is 5.71. The molecule has 2 rings (SSSR count). The molecule has 0 saturated heterocycles. The first-order valence-corrected chi connectivity index (χ1v) is 8.31. The molecular formula is C14H22N2O3S. The molecule has 0 aliphatic heterocycles. The summed E-state index contributed by atoms with van der Waals surface area (Å²) in [6.45, 7) is 3.72. The van der Waals surface area contributed by atoms with E-state index in [4.69, 9.17) is 10.8 Å². The fourth-order valence-corrected chi connectivity index (χ4v) is 4.29. The summed E-state index contributed by atoms with van der Waals surface area (Å²) in [5.41, 5.74) is 8.04. The van der Waals surface area contributed by atoms with Crippen LogP contribution in [0.15, 0.2) is 17.0 Å². The van der Waals surface area contributed by atoms with Gasteiger partial charge in [0.2, 0.25) is 10.0 Å². The van der Waals surface area contributed by atoms with Gasteiger partial charge < -0.3 is 10.8 Å². The predicted molar refractivity (Wildman–Crippen MR) is 78.9 cm³/mol. The van der Waals surface area contributed by atoms with Crippen LogP contribution < -0.4 is 5.73 Å². The Bertz CT molecular complexity index is 595. The van der Waals surface area contributed by atoms with Crippen LogP contribution in [0, 0.1) is 13.8 Å². The normalized spacial score (nSPS) is 16.4. The topological polar surface area (TPSA) is 83.6 Å². The van der Waals surface area contributed by atoms with Gasteiger partial charge in [0.1, 0.15) is 4.90 Å². The molecule has 1 aromatic rings. The van der Waals surface area contributed by atoms with Crippen molar-refractivity contribution in [2.45, 2.75) is 44.0 Å². The zero-order chi connectivity index (χ0) is 14.9. The monoisotopic (exact) mass is 298 g/mol. The molecule has 0 heterocycles. The molecule has 0 bridgehead atoms. The van der Waals surface area contributed by atoms with E-state index < -0.39 is 10.0 Å². The van der Waals surface area contributed by atoms with E-state index in [2.05, 4.69) is 0 Å². The zero-order valence-electron chi connectivity index (χ0n) is 12.0. The maximum absolute atomic E-state index is 12.8. The Morgan fingerprint density at radius 3 is 2.40 bits per heavy atom. The van der Waals surface area contributed by atoms with Crippen LogP contribution in [0.3, 0.4) is 0 Å². The van der Waals surface area contributed by atoms with Gasteiger partial charge in [0.05, 0.1) is 12.3 Å². The van der Waals surface area contributed by atoms with Gasteiger partial charge in [0.25, 0.3) is 0 Å². The van der Waals surface area contributed by atoms with Crippen LogP contribution in [-0.4, -0.2) is 37.0 Å². The summed E-state index contributed by atoms with van der Waals surface area (Å²) in [6.07, 6.45) is 2.73. The Morgan fingerprint density at radius 2 is 1.90 bits per heavy atom. The van der Waals surface area contributed by atoms with Crippen LogP contribution in [0.25, 0.3) is 0 Å². The highest BCUT2D eigenvalue weighted by Gasteiger charge is 2.35. The summed E-state index contributed by atoms with van der Waals surface area (Å²) < 4.78 is 27.0. The van der Waals surface area contributed by atoms with Crippen molar-refractivity contribution in [1.29, 1.82) is 0 Å². The third-order valence-electron chi connectivity index (χ3n) is 4.02. The summed E-state index contributed by atoms with van der Waals surface area (Å²) >= 11 is 0. The number of aryl methyl sites for hydroxylation is 2. The Hall–Kier alpha value is -1.11. The molecule has 0 atom stereocenters. The number of nitrogens with zero attached hydrogens (tertiary/aromatic N) is 1. The summed E-state index contributed by atoms with van der Waals surface area (Å²) in [5.74, 6) is 0. The molecular weight excluding hydrogens is 276 g/mol. The fourth-order valence-electron chi connectivity index (χ4n) is 2.43. The van der Waals surface area contributed by atoms with Gasteiger partial charge in [-0.25, -0.2) is 8.42 Å². The van der Waals surface area contributed by atoms with Crippen molar-refractivity contribution in [2.24, 2.45) is 0 Å². The van der Waals surface area contributed by atoms with Crippen molar-refractivity contribution in [3.05, 3.63) is 23.3 Å². The van der Waals surface area contributed by atoms with Gasteiger partial charge in [-0.2, -0.15) is 4.31 Å². The van der Waals surface area contributed by atoms with Crippen LogP contribution in [-0.2, 0) is 10.0 Å². The molecule has 1 aromatic carbocycles. The molecule has 0 radical (unpaired) electrons. The smallest absolute Gasteiger partial charge is 0.245 e. The first kappa shape index (κ1) is 15.3. The zero-order valence-corrected chi connectivity index (χ0v) is 12.8. The molecule has 0 aromatic heterocycles. The molecule has 6 heteroatoms. The number of anilines is 1. The number of nitrogen functional groups attached to an aromatic ring is 1. The van der Waals surface area contributed by atoms with Gasteiger partial charge in [-0.15, -0.1) is 0 Å². The first-order chi connectivity index (χ1) is 9.37. The van der Waals surface area contributed by atoms with Gasteiger partial charge in [-0.05, 0) is 49.9 Å². The lowest BCUT2D eigenvalue weighted by atomic mass is 9.93. The molecule has 0 amide bonds. The first-order valence-electron chi connectivity index (χ1n) is 6.87. The molecule has 1 fully saturated rings. The van der Waals surface area contributed by atoms with E-state index in [0.29, 0.717) is 0 Å². The maximum Gasteiger partial charge on any atom is 0.245 e. The molecule has 3 N–H and O–H groups in total. The molecule has 5 nitrogen and oxygen atoms in total. The number of rotatable bonds is 5. The quantitative estimate of drug-likeness (QED) is 0.805. The lowest BCUT2D eigenvalue weighted by Crippen LogP contribution is -2.45. The van der Waals surface area contributed by atoms with Crippen LogP contribution in [0.2, 0.25) is 0 Å². The van der Waals surface area contributed by atoms with Crippen molar-refractivity contribution in [3.8, 4) is 0 Å². The Kier molecular flexibility index (Phi) is 4.36. The SMILES string of the molecule is Cc1cc(N)c(S(=O)(=O)N(CCO)C2CCC2)cc1C. The molecule has 112 valence electrons. The van der Waals surface area contributed by atoms with Crippen LogP contribution >= 0.6 is 0 Å².